The van der Waals surface area contributed by atoms with Crippen LogP contribution in [-0.4, -0.2) is 53.2 Å². The van der Waals surface area contributed by atoms with Gasteiger partial charge in [0.2, 0.25) is 5.91 Å². The molecule has 4 amide bonds. The zero-order valence-corrected chi connectivity index (χ0v) is 19.6. The first kappa shape index (κ1) is 23.5. The SMILES string of the molecule is CCN(Cc1ccccc1NC(=O)Cc1csc(N2CCNC2=O)n1)C(=O)OC(C)(C)C. The fourth-order valence-corrected chi connectivity index (χ4v) is 3.98. The first-order valence-electron chi connectivity index (χ1n) is 10.5. The van der Waals surface area contributed by atoms with Crippen LogP contribution in [0.5, 0.6) is 0 Å². The second kappa shape index (κ2) is 9.99. The van der Waals surface area contributed by atoms with E-state index < -0.39 is 11.7 Å². The molecule has 0 atom stereocenters. The molecule has 0 radical (unpaired) electrons. The molecule has 3 rings (SSSR count). The number of urea groups is 1. The summed E-state index contributed by atoms with van der Waals surface area (Å²) >= 11 is 1.34. The molecule has 10 heteroatoms. The summed E-state index contributed by atoms with van der Waals surface area (Å²) in [6, 6.07) is 7.19. The van der Waals surface area contributed by atoms with E-state index >= 15 is 0 Å². The van der Waals surface area contributed by atoms with E-state index in [-0.39, 0.29) is 18.4 Å². The number of amides is 4. The molecular weight excluding hydrogens is 430 g/mol. The number of ether oxygens (including phenoxy) is 1. The second-order valence-corrected chi connectivity index (χ2v) is 9.22. The Labute approximate surface area is 191 Å². The number of carbonyl (C=O) groups is 3. The van der Waals surface area contributed by atoms with Gasteiger partial charge in [-0.15, -0.1) is 11.3 Å². The van der Waals surface area contributed by atoms with E-state index in [1.54, 1.807) is 21.2 Å². The van der Waals surface area contributed by atoms with E-state index in [4.69, 9.17) is 4.74 Å². The Morgan fingerprint density at radius 3 is 2.72 bits per heavy atom. The minimum atomic E-state index is -0.583. The van der Waals surface area contributed by atoms with Gasteiger partial charge in [-0.2, -0.15) is 0 Å². The van der Waals surface area contributed by atoms with Crippen molar-refractivity contribution in [2.24, 2.45) is 0 Å². The van der Waals surface area contributed by atoms with Gasteiger partial charge in [0.1, 0.15) is 5.60 Å². The number of rotatable bonds is 7. The van der Waals surface area contributed by atoms with Crippen molar-refractivity contribution < 1.29 is 19.1 Å². The van der Waals surface area contributed by atoms with Gasteiger partial charge in [-0.05, 0) is 39.3 Å². The summed E-state index contributed by atoms with van der Waals surface area (Å²) in [5.74, 6) is -0.222. The zero-order valence-electron chi connectivity index (χ0n) is 18.8. The first-order valence-corrected chi connectivity index (χ1v) is 11.4. The van der Waals surface area contributed by atoms with Crippen LogP contribution in [0, 0.1) is 0 Å². The standard InChI is InChI=1S/C22H29N5O4S/c1-5-26(21(30)31-22(2,3)4)13-15-8-6-7-9-17(15)25-18(28)12-16-14-32-20(24-16)27-11-10-23-19(27)29/h6-9,14H,5,10-13H2,1-4H3,(H,23,29)(H,25,28). The van der Waals surface area contributed by atoms with Gasteiger partial charge in [0.15, 0.2) is 5.13 Å². The van der Waals surface area contributed by atoms with Gasteiger partial charge in [-0.3, -0.25) is 9.69 Å². The fraction of sp³-hybridized carbons (Fsp3) is 0.455. The molecule has 1 aromatic heterocycles. The molecule has 0 saturated carbocycles. The van der Waals surface area contributed by atoms with Gasteiger partial charge in [-0.1, -0.05) is 18.2 Å². The third-order valence-electron chi connectivity index (χ3n) is 4.66. The first-order chi connectivity index (χ1) is 15.2. The lowest BCUT2D eigenvalue weighted by Crippen LogP contribution is -2.36. The number of carbonyl (C=O) groups excluding carboxylic acids is 3. The van der Waals surface area contributed by atoms with E-state index in [1.165, 1.54) is 11.3 Å². The number of benzene rings is 1. The number of thiazole rings is 1. The van der Waals surface area contributed by atoms with Gasteiger partial charge < -0.3 is 20.3 Å². The fourth-order valence-electron chi connectivity index (χ4n) is 3.13. The molecule has 0 aliphatic carbocycles. The Balaban J connectivity index is 1.64. The highest BCUT2D eigenvalue weighted by Gasteiger charge is 2.25. The van der Waals surface area contributed by atoms with Crippen LogP contribution < -0.4 is 15.5 Å². The number of aromatic nitrogens is 1. The van der Waals surface area contributed by atoms with E-state index in [0.29, 0.717) is 42.7 Å². The average molecular weight is 460 g/mol. The average Bonchev–Trinajstić information content (AvgIpc) is 3.34. The molecule has 9 nitrogen and oxygen atoms in total. The minimum absolute atomic E-state index is 0.0872. The number of anilines is 2. The lowest BCUT2D eigenvalue weighted by Gasteiger charge is -2.27. The van der Waals surface area contributed by atoms with E-state index in [2.05, 4.69) is 15.6 Å². The van der Waals surface area contributed by atoms with Gasteiger partial charge in [0.05, 0.1) is 18.7 Å². The van der Waals surface area contributed by atoms with E-state index in [0.717, 1.165) is 5.56 Å². The molecule has 1 aliphatic heterocycles. The molecule has 1 fully saturated rings. The summed E-state index contributed by atoms with van der Waals surface area (Å²) < 4.78 is 5.48. The highest BCUT2D eigenvalue weighted by Crippen LogP contribution is 2.23. The van der Waals surface area contributed by atoms with Crippen LogP contribution in [0.2, 0.25) is 0 Å². The lowest BCUT2D eigenvalue weighted by atomic mass is 10.1. The predicted molar refractivity (Wildman–Crippen MR) is 124 cm³/mol. The quantitative estimate of drug-likeness (QED) is 0.658. The largest absolute Gasteiger partial charge is 0.444 e. The molecule has 1 saturated heterocycles. The number of hydrogen-bond donors (Lipinski definition) is 2. The van der Waals surface area contributed by atoms with Gasteiger partial charge in [0, 0.05) is 30.7 Å². The molecule has 0 bridgehead atoms. The summed E-state index contributed by atoms with van der Waals surface area (Å²) in [5.41, 5.74) is 1.46. The van der Waals surface area contributed by atoms with Gasteiger partial charge in [-0.25, -0.2) is 14.6 Å². The maximum atomic E-state index is 12.7. The molecule has 32 heavy (non-hydrogen) atoms. The zero-order chi connectivity index (χ0) is 23.3. The highest BCUT2D eigenvalue weighted by molar-refractivity contribution is 7.14. The number of nitrogens with zero attached hydrogens (tertiary/aromatic N) is 3. The second-order valence-electron chi connectivity index (χ2n) is 8.38. The van der Waals surface area contributed by atoms with Crippen LogP contribution in [0.4, 0.5) is 20.4 Å². The molecule has 2 heterocycles. The van der Waals surface area contributed by atoms with Crippen LogP contribution in [0.1, 0.15) is 39.0 Å². The van der Waals surface area contributed by atoms with Gasteiger partial charge in [0.25, 0.3) is 0 Å². The van der Waals surface area contributed by atoms with Crippen molar-refractivity contribution in [2.45, 2.75) is 46.3 Å². The molecule has 172 valence electrons. The van der Waals surface area contributed by atoms with Crippen molar-refractivity contribution >= 4 is 40.2 Å². The van der Waals surface area contributed by atoms with E-state index in [1.807, 2.05) is 45.9 Å². The van der Waals surface area contributed by atoms with Crippen molar-refractivity contribution in [1.82, 2.24) is 15.2 Å². The molecule has 0 spiro atoms. The topological polar surface area (TPSA) is 104 Å². The highest BCUT2D eigenvalue weighted by atomic mass is 32.1. The third kappa shape index (κ3) is 6.19. The number of hydrogen-bond acceptors (Lipinski definition) is 6. The summed E-state index contributed by atoms with van der Waals surface area (Å²) in [4.78, 5) is 44.5. The Morgan fingerprint density at radius 1 is 1.31 bits per heavy atom. The van der Waals surface area contributed by atoms with Crippen LogP contribution in [0.25, 0.3) is 0 Å². The van der Waals surface area contributed by atoms with Crippen LogP contribution in [-0.2, 0) is 22.5 Å². The Kier molecular flexibility index (Phi) is 7.34. The summed E-state index contributed by atoms with van der Waals surface area (Å²) in [6.45, 7) is 9.30. The molecule has 1 aliphatic rings. The Bertz CT molecular complexity index is 985. The molecule has 1 aromatic carbocycles. The van der Waals surface area contributed by atoms with Crippen molar-refractivity contribution in [3.05, 3.63) is 40.9 Å². The number of nitrogens with one attached hydrogen (secondary N) is 2. The number of para-hydroxylation sites is 1. The van der Waals surface area contributed by atoms with Crippen LogP contribution >= 0.6 is 11.3 Å². The molecule has 2 aromatic rings. The monoisotopic (exact) mass is 459 g/mol. The predicted octanol–water partition coefficient (Wildman–Crippen LogP) is 3.61. The molecule has 2 N–H and O–H groups in total. The van der Waals surface area contributed by atoms with Crippen molar-refractivity contribution in [2.75, 3.05) is 29.9 Å². The van der Waals surface area contributed by atoms with Gasteiger partial charge >= 0.3 is 12.1 Å². The third-order valence-corrected chi connectivity index (χ3v) is 5.57. The van der Waals surface area contributed by atoms with Crippen LogP contribution in [0.3, 0.4) is 0 Å². The summed E-state index contributed by atoms with van der Waals surface area (Å²) in [7, 11) is 0. The van der Waals surface area contributed by atoms with Crippen molar-refractivity contribution in [1.29, 1.82) is 0 Å². The normalized spacial score (nSPS) is 13.6. The van der Waals surface area contributed by atoms with Crippen LogP contribution in [0.15, 0.2) is 29.6 Å². The maximum Gasteiger partial charge on any atom is 0.410 e. The Morgan fingerprint density at radius 2 is 2.06 bits per heavy atom. The van der Waals surface area contributed by atoms with Crippen molar-refractivity contribution in [3.63, 3.8) is 0 Å². The minimum Gasteiger partial charge on any atom is -0.444 e. The Hall–Kier alpha value is -3.14. The molecular formula is C22H29N5O4S. The van der Waals surface area contributed by atoms with E-state index in [9.17, 15) is 14.4 Å². The maximum absolute atomic E-state index is 12.7. The smallest absolute Gasteiger partial charge is 0.410 e. The van der Waals surface area contributed by atoms with Crippen molar-refractivity contribution in [3.8, 4) is 0 Å². The molecule has 0 unspecified atom stereocenters. The lowest BCUT2D eigenvalue weighted by molar-refractivity contribution is -0.115. The summed E-state index contributed by atoms with van der Waals surface area (Å²) in [5, 5.41) is 8.02. The summed E-state index contributed by atoms with van der Waals surface area (Å²) in [6.07, 6.45) is -0.314.